The maximum absolute atomic E-state index is 12.5. The monoisotopic (exact) mass is 330 g/mol. The fourth-order valence-electron chi connectivity index (χ4n) is 3.47. The lowest BCUT2D eigenvalue weighted by molar-refractivity contribution is 0.0296. The lowest BCUT2D eigenvalue weighted by atomic mass is 9.83. The Bertz CT molecular complexity index is 605. The van der Waals surface area contributed by atoms with Crippen LogP contribution in [-0.2, 0) is 21.1 Å². The molecule has 1 atom stereocenters. The lowest BCUT2D eigenvalue weighted by Gasteiger charge is -2.50. The molecule has 2 fully saturated rings. The fourth-order valence-corrected chi connectivity index (χ4v) is 6.74. The van der Waals surface area contributed by atoms with Crippen molar-refractivity contribution in [2.24, 2.45) is 5.92 Å². The average molecular weight is 330 g/mol. The first kappa shape index (κ1) is 15.4. The van der Waals surface area contributed by atoms with Crippen molar-refractivity contribution in [3.8, 4) is 0 Å². The van der Waals surface area contributed by atoms with Gasteiger partial charge in [0.05, 0.1) is 23.6 Å². The van der Waals surface area contributed by atoms with E-state index in [-0.39, 0.29) is 5.92 Å². The predicted molar refractivity (Wildman–Crippen MR) is 83.2 cm³/mol. The van der Waals surface area contributed by atoms with Crippen LogP contribution >= 0.6 is 11.3 Å². The lowest BCUT2D eigenvalue weighted by Crippen LogP contribution is -2.67. The van der Waals surface area contributed by atoms with Gasteiger partial charge in [0, 0.05) is 37.0 Å². The molecule has 0 amide bonds. The zero-order valence-electron chi connectivity index (χ0n) is 12.5. The summed E-state index contributed by atoms with van der Waals surface area (Å²) in [5, 5.41) is 0. The maximum Gasteiger partial charge on any atom is 0.158 e. The summed E-state index contributed by atoms with van der Waals surface area (Å²) < 4.78 is 29.9. The van der Waals surface area contributed by atoms with Crippen molar-refractivity contribution in [3.63, 3.8) is 0 Å². The number of sulfone groups is 1. The van der Waals surface area contributed by atoms with E-state index >= 15 is 0 Å². The minimum Gasteiger partial charge on any atom is -0.381 e. The van der Waals surface area contributed by atoms with Crippen LogP contribution < -0.4 is 0 Å². The first-order valence-corrected chi connectivity index (χ1v) is 9.93. The molecule has 0 bridgehead atoms. The van der Waals surface area contributed by atoms with Crippen LogP contribution in [0, 0.1) is 12.8 Å². The fraction of sp³-hybridized carbons (Fsp3) is 0.786. The number of rotatable bonds is 5. The van der Waals surface area contributed by atoms with Crippen molar-refractivity contribution in [3.05, 3.63) is 16.1 Å². The Morgan fingerprint density at radius 3 is 2.90 bits per heavy atom. The van der Waals surface area contributed by atoms with Gasteiger partial charge in [-0.05, 0) is 20.3 Å². The SMILES string of the molecule is CCOCC1CCS(=O)(=O)C12CN(Cc1scnc1C)C2. The smallest absolute Gasteiger partial charge is 0.158 e. The van der Waals surface area contributed by atoms with E-state index in [4.69, 9.17) is 4.74 Å². The standard InChI is InChI=1S/C14H22N2O3S2/c1-3-19-7-12-4-5-21(17,18)14(12)8-16(9-14)6-13-11(2)15-10-20-13/h10,12H,3-9H2,1-2H3. The van der Waals surface area contributed by atoms with Crippen LogP contribution in [0.3, 0.4) is 0 Å². The van der Waals surface area contributed by atoms with Crippen molar-refractivity contribution in [1.29, 1.82) is 0 Å². The van der Waals surface area contributed by atoms with Gasteiger partial charge in [-0.3, -0.25) is 4.90 Å². The van der Waals surface area contributed by atoms with Gasteiger partial charge in [-0.1, -0.05) is 0 Å². The molecule has 1 aromatic heterocycles. The summed E-state index contributed by atoms with van der Waals surface area (Å²) in [7, 11) is -2.99. The second kappa shape index (κ2) is 5.61. The number of aryl methyl sites for hydroxylation is 1. The molecule has 21 heavy (non-hydrogen) atoms. The minimum atomic E-state index is -2.99. The molecule has 3 rings (SSSR count). The summed E-state index contributed by atoms with van der Waals surface area (Å²) in [6.07, 6.45) is 0.746. The van der Waals surface area contributed by atoms with Gasteiger partial charge in [0.2, 0.25) is 0 Å². The largest absolute Gasteiger partial charge is 0.381 e. The number of aromatic nitrogens is 1. The number of nitrogens with zero attached hydrogens (tertiary/aromatic N) is 2. The molecule has 2 aliphatic rings. The number of hydrogen-bond acceptors (Lipinski definition) is 6. The van der Waals surface area contributed by atoms with Crippen LogP contribution in [0.1, 0.15) is 23.9 Å². The third kappa shape index (κ3) is 2.54. The van der Waals surface area contributed by atoms with Gasteiger partial charge in [0.15, 0.2) is 9.84 Å². The van der Waals surface area contributed by atoms with Gasteiger partial charge in [0.1, 0.15) is 4.75 Å². The van der Waals surface area contributed by atoms with Crippen molar-refractivity contribution in [1.82, 2.24) is 9.88 Å². The number of thiazole rings is 1. The van der Waals surface area contributed by atoms with Crippen molar-refractivity contribution in [2.75, 3.05) is 32.1 Å². The number of likely N-dealkylation sites (tertiary alicyclic amines) is 1. The molecule has 5 nitrogen and oxygen atoms in total. The molecule has 0 saturated carbocycles. The van der Waals surface area contributed by atoms with E-state index in [2.05, 4.69) is 9.88 Å². The summed E-state index contributed by atoms with van der Waals surface area (Å²) in [4.78, 5) is 7.72. The van der Waals surface area contributed by atoms with Gasteiger partial charge in [-0.2, -0.15) is 0 Å². The second-order valence-electron chi connectivity index (χ2n) is 6.03. The number of hydrogen-bond donors (Lipinski definition) is 0. The normalized spacial score (nSPS) is 27.0. The molecule has 118 valence electrons. The van der Waals surface area contributed by atoms with E-state index in [1.807, 2.05) is 19.4 Å². The highest BCUT2D eigenvalue weighted by Gasteiger charge is 2.61. The third-order valence-electron chi connectivity index (χ3n) is 4.82. The molecule has 2 aliphatic heterocycles. The zero-order chi connectivity index (χ0) is 15.1. The van der Waals surface area contributed by atoms with Crippen LogP contribution in [0.15, 0.2) is 5.51 Å². The van der Waals surface area contributed by atoms with Gasteiger partial charge < -0.3 is 4.74 Å². The van der Waals surface area contributed by atoms with Crippen LogP contribution in [-0.4, -0.2) is 55.1 Å². The molecule has 0 radical (unpaired) electrons. The molecule has 7 heteroatoms. The summed E-state index contributed by atoms with van der Waals surface area (Å²) >= 11 is 1.65. The second-order valence-corrected chi connectivity index (χ2v) is 9.42. The summed E-state index contributed by atoms with van der Waals surface area (Å²) in [6.45, 7) is 7.28. The molecule has 0 aliphatic carbocycles. The summed E-state index contributed by atoms with van der Waals surface area (Å²) in [5.41, 5.74) is 2.91. The first-order chi connectivity index (χ1) is 9.98. The molecule has 0 aromatic carbocycles. The topological polar surface area (TPSA) is 59.5 Å². The molecular formula is C14H22N2O3S2. The molecule has 1 unspecified atom stereocenters. The summed E-state index contributed by atoms with van der Waals surface area (Å²) in [6, 6.07) is 0. The predicted octanol–water partition coefficient (Wildman–Crippen LogP) is 1.48. The van der Waals surface area contributed by atoms with Crippen LogP contribution in [0.5, 0.6) is 0 Å². The zero-order valence-corrected chi connectivity index (χ0v) is 14.2. The van der Waals surface area contributed by atoms with Gasteiger partial charge in [-0.15, -0.1) is 11.3 Å². The average Bonchev–Trinajstić information content (AvgIpc) is 2.90. The van der Waals surface area contributed by atoms with E-state index in [0.717, 1.165) is 18.7 Å². The van der Waals surface area contributed by atoms with Crippen molar-refractivity contribution < 1.29 is 13.2 Å². The Balaban J connectivity index is 1.69. The van der Waals surface area contributed by atoms with Crippen LogP contribution in [0.2, 0.25) is 0 Å². The Morgan fingerprint density at radius 2 is 2.29 bits per heavy atom. The van der Waals surface area contributed by atoms with E-state index < -0.39 is 14.6 Å². The number of ether oxygens (including phenoxy) is 1. The first-order valence-electron chi connectivity index (χ1n) is 7.40. The molecule has 3 heterocycles. The van der Waals surface area contributed by atoms with Crippen LogP contribution in [0.4, 0.5) is 0 Å². The highest BCUT2D eigenvalue weighted by atomic mass is 32.2. The Morgan fingerprint density at radius 1 is 1.52 bits per heavy atom. The third-order valence-corrected chi connectivity index (χ3v) is 8.34. The van der Waals surface area contributed by atoms with Crippen molar-refractivity contribution >= 4 is 21.2 Å². The Kier molecular flexibility index (Phi) is 4.11. The molecule has 0 N–H and O–H groups in total. The van der Waals surface area contributed by atoms with Crippen LogP contribution in [0.25, 0.3) is 0 Å². The maximum atomic E-state index is 12.5. The quantitative estimate of drug-likeness (QED) is 0.818. The van der Waals surface area contributed by atoms with Gasteiger partial charge >= 0.3 is 0 Å². The van der Waals surface area contributed by atoms with Gasteiger partial charge in [0.25, 0.3) is 0 Å². The highest BCUT2D eigenvalue weighted by Crippen LogP contribution is 2.45. The van der Waals surface area contributed by atoms with E-state index in [1.165, 1.54) is 4.88 Å². The van der Waals surface area contributed by atoms with E-state index in [0.29, 0.717) is 32.1 Å². The summed E-state index contributed by atoms with van der Waals surface area (Å²) in [5.74, 6) is 0.472. The molecule has 1 aromatic rings. The molecule has 1 spiro atoms. The van der Waals surface area contributed by atoms with E-state index in [9.17, 15) is 8.42 Å². The molecular weight excluding hydrogens is 308 g/mol. The Hall–Kier alpha value is -0.500. The highest BCUT2D eigenvalue weighted by molar-refractivity contribution is 7.93. The minimum absolute atomic E-state index is 0.154. The Labute approximate surface area is 130 Å². The molecule has 2 saturated heterocycles. The van der Waals surface area contributed by atoms with Crippen molar-refractivity contribution in [2.45, 2.75) is 31.6 Å². The van der Waals surface area contributed by atoms with Gasteiger partial charge in [-0.25, -0.2) is 13.4 Å². The van der Waals surface area contributed by atoms with E-state index in [1.54, 1.807) is 11.3 Å².